The molecule has 2 N–H and O–H groups in total. The third kappa shape index (κ3) is 4.65. The van der Waals surface area contributed by atoms with Crippen LogP contribution in [0.1, 0.15) is 24.0 Å². The third-order valence-corrected chi connectivity index (χ3v) is 6.49. The molecule has 0 aliphatic heterocycles. The van der Waals surface area contributed by atoms with Gasteiger partial charge >= 0.3 is 12.3 Å². The summed E-state index contributed by atoms with van der Waals surface area (Å²) in [6.45, 7) is 1.16. The van der Waals surface area contributed by atoms with Gasteiger partial charge in [0.25, 0.3) is 5.56 Å². The third-order valence-electron chi connectivity index (χ3n) is 6.16. The molecule has 0 saturated carbocycles. The highest BCUT2D eigenvalue weighted by Gasteiger charge is 2.59. The highest BCUT2D eigenvalue weighted by Crippen LogP contribution is 2.50. The lowest BCUT2D eigenvalue weighted by atomic mass is 9.77. The zero-order valence-electron chi connectivity index (χ0n) is 19.0. The Morgan fingerprint density at radius 2 is 1.70 bits per heavy atom. The monoisotopic (exact) mass is 535 g/mol. The van der Waals surface area contributed by atoms with E-state index in [0.717, 1.165) is 35.6 Å². The predicted octanol–water partition coefficient (Wildman–Crippen LogP) is 6.37. The van der Waals surface area contributed by atoms with Gasteiger partial charge < -0.3 is 14.9 Å². The second-order valence-electron chi connectivity index (χ2n) is 8.28. The van der Waals surface area contributed by atoms with Gasteiger partial charge in [0.2, 0.25) is 0 Å². The van der Waals surface area contributed by atoms with Crippen LogP contribution in [0, 0.1) is 5.82 Å². The number of aliphatic hydroxyl groups is 1. The predicted molar refractivity (Wildman–Crippen MR) is 128 cm³/mol. The van der Waals surface area contributed by atoms with E-state index >= 15 is 0 Å². The molecule has 4 rings (SSSR count). The van der Waals surface area contributed by atoms with Crippen molar-refractivity contribution in [2.24, 2.45) is 0 Å². The van der Waals surface area contributed by atoms with E-state index < -0.39 is 46.5 Å². The Labute approximate surface area is 211 Å². The average Bonchev–Trinajstić information content (AvgIpc) is 2.84. The fourth-order valence-electron chi connectivity index (χ4n) is 4.27. The lowest BCUT2D eigenvalue weighted by Gasteiger charge is -2.37. The molecule has 0 aliphatic rings. The summed E-state index contributed by atoms with van der Waals surface area (Å²) in [7, 11) is 0. The molecule has 6 nitrogen and oxygen atoms in total. The summed E-state index contributed by atoms with van der Waals surface area (Å²) in [4.78, 5) is 22.8. The zero-order chi connectivity index (χ0) is 27.1. The Bertz CT molecular complexity index is 1570. The molecule has 0 spiro atoms. The first-order valence-electron chi connectivity index (χ1n) is 10.7. The normalized spacial score (nSPS) is 14.2. The molecule has 2 aromatic carbocycles. The van der Waals surface area contributed by atoms with Crippen LogP contribution < -0.4 is 10.3 Å². The average molecular weight is 536 g/mol. The number of aromatic nitrogens is 1. The van der Waals surface area contributed by atoms with E-state index in [1.165, 1.54) is 48.7 Å². The molecule has 2 atom stereocenters. The molecule has 11 heteroatoms. The Hall–Kier alpha value is -3.89. The van der Waals surface area contributed by atoms with Gasteiger partial charge in [0.15, 0.2) is 17.2 Å². The smallest absolute Gasteiger partial charge is 0.449 e. The summed E-state index contributed by atoms with van der Waals surface area (Å²) < 4.78 is 63.1. The van der Waals surface area contributed by atoms with Crippen molar-refractivity contribution < 1.29 is 37.3 Å². The summed E-state index contributed by atoms with van der Waals surface area (Å²) >= 11 is 6.37. The molecule has 192 valence electrons. The maximum atomic E-state index is 14.5. The molecule has 0 aliphatic carbocycles. The van der Waals surface area contributed by atoms with E-state index in [1.54, 1.807) is 0 Å². The minimum absolute atomic E-state index is 0.0446. The maximum Gasteiger partial charge on any atom is 0.511 e. The molecule has 0 amide bonds. The van der Waals surface area contributed by atoms with Crippen molar-refractivity contribution >= 4 is 23.3 Å². The quantitative estimate of drug-likeness (QED) is 0.176. The number of benzene rings is 2. The van der Waals surface area contributed by atoms with Gasteiger partial charge in [-0.15, -0.1) is 0 Å². The Morgan fingerprint density at radius 3 is 2.32 bits per heavy atom. The molecule has 0 fully saturated rings. The number of pyridine rings is 2. The number of hydrogen-bond donors (Lipinski definition) is 2. The van der Waals surface area contributed by atoms with Crippen LogP contribution in [0.25, 0.3) is 16.6 Å². The minimum atomic E-state index is -5.16. The van der Waals surface area contributed by atoms with Crippen molar-refractivity contribution in [3.05, 3.63) is 105 Å². The fraction of sp³-hybridized carbons (Fsp3) is 0.154. The van der Waals surface area contributed by atoms with Gasteiger partial charge in [0, 0.05) is 28.8 Å². The molecule has 37 heavy (non-hydrogen) atoms. The fourth-order valence-corrected chi connectivity index (χ4v) is 4.61. The van der Waals surface area contributed by atoms with Crippen molar-refractivity contribution in [1.82, 2.24) is 4.40 Å². The summed E-state index contributed by atoms with van der Waals surface area (Å²) in [5.74, 6) is -3.11. The number of fused-ring (bicyclic) bond motifs is 1. The molecule has 0 saturated heterocycles. The standard InChI is InChI=1S/C26H18ClF4NO5/c1-14(25(36,26(29,30)31)18-8-10-23(33)32-11-3-2-4-21(18)32)17-7-5-15(12-19(17)27)16-6-9-22(20(28)13-16)37-24(34)35/h2-14,36H,1H3,(H,34,35). The summed E-state index contributed by atoms with van der Waals surface area (Å²) in [5, 5.41) is 19.8. The summed E-state index contributed by atoms with van der Waals surface area (Å²) in [6.07, 6.45) is -5.55. The van der Waals surface area contributed by atoms with Crippen molar-refractivity contribution in [3.8, 4) is 16.9 Å². The molecule has 2 heterocycles. The van der Waals surface area contributed by atoms with E-state index in [9.17, 15) is 32.3 Å². The minimum Gasteiger partial charge on any atom is -0.449 e. The molecule has 0 radical (unpaired) electrons. The van der Waals surface area contributed by atoms with Crippen molar-refractivity contribution in [1.29, 1.82) is 0 Å². The van der Waals surface area contributed by atoms with Crippen LogP contribution in [0.4, 0.5) is 22.4 Å². The van der Waals surface area contributed by atoms with Gasteiger partial charge in [0.05, 0.1) is 5.52 Å². The second-order valence-corrected chi connectivity index (χ2v) is 8.68. The summed E-state index contributed by atoms with van der Waals surface area (Å²) in [5.41, 5.74) is -4.09. The summed E-state index contributed by atoms with van der Waals surface area (Å²) in [6, 6.07) is 13.6. The largest absolute Gasteiger partial charge is 0.511 e. The van der Waals surface area contributed by atoms with Crippen molar-refractivity contribution in [2.45, 2.75) is 24.6 Å². The number of halogens is 5. The van der Waals surface area contributed by atoms with E-state index in [2.05, 4.69) is 4.74 Å². The molecular weight excluding hydrogens is 518 g/mol. The van der Waals surface area contributed by atoms with Gasteiger partial charge in [-0.2, -0.15) is 13.2 Å². The SMILES string of the molecule is CC(c1ccc(-c2ccc(OC(=O)O)c(F)c2)cc1Cl)C(O)(c1ccc(=O)n2ccccc12)C(F)(F)F. The van der Waals surface area contributed by atoms with Crippen LogP contribution in [0.3, 0.4) is 0 Å². The number of carbonyl (C=O) groups is 1. The van der Waals surface area contributed by atoms with Gasteiger partial charge in [-0.1, -0.05) is 42.8 Å². The van der Waals surface area contributed by atoms with Crippen molar-refractivity contribution in [3.63, 3.8) is 0 Å². The Balaban J connectivity index is 1.80. The number of ether oxygens (including phenoxy) is 1. The number of carboxylic acid groups (broad SMARTS) is 1. The van der Waals surface area contributed by atoms with E-state index in [4.69, 9.17) is 16.7 Å². The Kier molecular flexibility index (Phi) is 6.74. The number of rotatable bonds is 5. The first-order valence-corrected chi connectivity index (χ1v) is 11.1. The lowest BCUT2D eigenvalue weighted by Crippen LogP contribution is -2.47. The molecule has 4 aromatic rings. The maximum absolute atomic E-state index is 14.5. The van der Waals surface area contributed by atoms with E-state index in [-0.39, 0.29) is 21.7 Å². The van der Waals surface area contributed by atoms with Crippen LogP contribution in [-0.2, 0) is 5.60 Å². The van der Waals surface area contributed by atoms with Crippen molar-refractivity contribution in [2.75, 3.05) is 0 Å². The molecule has 0 bridgehead atoms. The lowest BCUT2D eigenvalue weighted by molar-refractivity contribution is -0.274. The first kappa shape index (κ1) is 26.2. The highest BCUT2D eigenvalue weighted by molar-refractivity contribution is 6.31. The van der Waals surface area contributed by atoms with Gasteiger partial charge in [-0.3, -0.25) is 9.20 Å². The number of hydrogen-bond acceptors (Lipinski definition) is 4. The molecular formula is C26H18ClF4NO5. The number of nitrogens with zero attached hydrogens (tertiary/aromatic N) is 1. The molecule has 2 unspecified atom stereocenters. The topological polar surface area (TPSA) is 88.2 Å². The van der Waals surface area contributed by atoms with Crippen LogP contribution in [0.15, 0.2) is 77.7 Å². The van der Waals surface area contributed by atoms with Gasteiger partial charge in [-0.25, -0.2) is 9.18 Å². The van der Waals surface area contributed by atoms with Crippen LogP contribution in [0.2, 0.25) is 5.02 Å². The van der Waals surface area contributed by atoms with Crippen LogP contribution in [0.5, 0.6) is 5.75 Å². The number of alkyl halides is 3. The zero-order valence-corrected chi connectivity index (χ0v) is 19.7. The van der Waals surface area contributed by atoms with Gasteiger partial charge in [0.1, 0.15) is 0 Å². The van der Waals surface area contributed by atoms with Crippen LogP contribution in [-0.4, -0.2) is 26.9 Å². The van der Waals surface area contributed by atoms with Crippen LogP contribution >= 0.6 is 11.6 Å². The van der Waals surface area contributed by atoms with E-state index in [0.29, 0.717) is 5.56 Å². The molecule has 2 aromatic heterocycles. The van der Waals surface area contributed by atoms with Gasteiger partial charge in [-0.05, 0) is 53.1 Å². The first-order chi connectivity index (χ1) is 17.3. The second kappa shape index (κ2) is 9.53. The highest BCUT2D eigenvalue weighted by atomic mass is 35.5. The Morgan fingerprint density at radius 1 is 1.03 bits per heavy atom. The van der Waals surface area contributed by atoms with E-state index in [1.807, 2.05) is 0 Å².